The highest BCUT2D eigenvalue weighted by Crippen LogP contribution is 2.17. The molecule has 0 radical (unpaired) electrons. The van der Waals surface area contributed by atoms with Gasteiger partial charge in [-0.05, 0) is 12.5 Å². The van der Waals surface area contributed by atoms with Crippen molar-refractivity contribution in [1.29, 1.82) is 5.26 Å². The maximum Gasteiger partial charge on any atom is 0.107 e. The normalized spacial score (nSPS) is 10.0. The summed E-state index contributed by atoms with van der Waals surface area (Å²) in [4.78, 5) is 7.47. The van der Waals surface area contributed by atoms with Crippen molar-refractivity contribution in [2.75, 3.05) is 0 Å². The summed E-state index contributed by atoms with van der Waals surface area (Å²) in [5.74, 6) is 0.872. The number of rotatable bonds is 3. The fourth-order valence-electron chi connectivity index (χ4n) is 1.54. The van der Waals surface area contributed by atoms with E-state index < -0.39 is 0 Å². The van der Waals surface area contributed by atoms with Crippen molar-refractivity contribution in [3.63, 3.8) is 0 Å². The number of H-pyrrole nitrogens is 1. The van der Waals surface area contributed by atoms with Crippen LogP contribution in [0.1, 0.15) is 17.8 Å². The molecule has 0 saturated heterocycles. The topological polar surface area (TPSA) is 52.5 Å². The first kappa shape index (κ1) is 10.4. The number of aromatic nitrogens is 2. The average Bonchev–Trinajstić information content (AvgIpc) is 2.76. The smallest absolute Gasteiger partial charge is 0.107 e. The van der Waals surface area contributed by atoms with Gasteiger partial charge in [-0.2, -0.15) is 5.26 Å². The van der Waals surface area contributed by atoms with E-state index in [9.17, 15) is 0 Å². The maximum absolute atomic E-state index is 8.49. The Morgan fingerprint density at radius 3 is 2.75 bits per heavy atom. The summed E-state index contributed by atoms with van der Waals surface area (Å²) in [6, 6.07) is 10.4. The molecule has 16 heavy (non-hydrogen) atoms. The molecule has 1 N–H and O–H groups in total. The predicted molar refractivity (Wildman–Crippen MR) is 62.7 cm³/mol. The van der Waals surface area contributed by atoms with Gasteiger partial charge in [0.05, 0.1) is 18.0 Å². The summed E-state index contributed by atoms with van der Waals surface area (Å²) >= 11 is 0. The zero-order chi connectivity index (χ0) is 11.4. The monoisotopic (exact) mass is 211 g/mol. The van der Waals surface area contributed by atoms with Crippen molar-refractivity contribution in [2.45, 2.75) is 19.8 Å². The van der Waals surface area contributed by atoms with E-state index in [0.717, 1.165) is 17.1 Å². The van der Waals surface area contributed by atoms with Gasteiger partial charge in [0.1, 0.15) is 5.82 Å². The Kier molecular flexibility index (Phi) is 3.02. The highest BCUT2D eigenvalue weighted by molar-refractivity contribution is 5.58. The van der Waals surface area contributed by atoms with Gasteiger partial charge in [-0.1, -0.05) is 29.8 Å². The van der Waals surface area contributed by atoms with Gasteiger partial charge in [-0.25, -0.2) is 4.98 Å². The quantitative estimate of drug-likeness (QED) is 0.848. The predicted octanol–water partition coefficient (Wildman–Crippen LogP) is 2.84. The number of nitriles is 1. The van der Waals surface area contributed by atoms with E-state index in [0.29, 0.717) is 12.8 Å². The third-order valence-corrected chi connectivity index (χ3v) is 2.46. The lowest BCUT2D eigenvalue weighted by molar-refractivity contribution is 0.918. The maximum atomic E-state index is 8.49. The molecular weight excluding hydrogens is 198 g/mol. The molecule has 0 spiro atoms. The lowest BCUT2D eigenvalue weighted by Gasteiger charge is -1.97. The van der Waals surface area contributed by atoms with E-state index in [1.165, 1.54) is 5.56 Å². The summed E-state index contributed by atoms with van der Waals surface area (Å²) in [6.45, 7) is 2.06. The van der Waals surface area contributed by atoms with Crippen molar-refractivity contribution >= 4 is 0 Å². The Morgan fingerprint density at radius 1 is 1.31 bits per heavy atom. The third-order valence-electron chi connectivity index (χ3n) is 2.46. The summed E-state index contributed by atoms with van der Waals surface area (Å²) < 4.78 is 0. The van der Waals surface area contributed by atoms with E-state index >= 15 is 0 Å². The first-order chi connectivity index (χ1) is 7.79. The van der Waals surface area contributed by atoms with Crippen LogP contribution in [0.2, 0.25) is 0 Å². The van der Waals surface area contributed by atoms with Crippen LogP contribution in [-0.4, -0.2) is 9.97 Å². The summed E-state index contributed by atoms with van der Waals surface area (Å²) in [5, 5.41) is 8.49. The van der Waals surface area contributed by atoms with E-state index in [2.05, 4.69) is 47.2 Å². The molecule has 0 fully saturated rings. The van der Waals surface area contributed by atoms with E-state index in [1.807, 2.05) is 6.20 Å². The van der Waals surface area contributed by atoms with Crippen LogP contribution in [0.25, 0.3) is 11.3 Å². The van der Waals surface area contributed by atoms with Gasteiger partial charge < -0.3 is 4.98 Å². The third kappa shape index (κ3) is 2.29. The number of aryl methyl sites for hydroxylation is 2. The van der Waals surface area contributed by atoms with Gasteiger partial charge in [0.2, 0.25) is 0 Å². The van der Waals surface area contributed by atoms with E-state index in [4.69, 9.17) is 5.26 Å². The number of hydrogen-bond acceptors (Lipinski definition) is 2. The second kappa shape index (κ2) is 4.63. The number of nitrogens with one attached hydrogen (secondary N) is 1. The molecule has 0 aliphatic carbocycles. The van der Waals surface area contributed by atoms with Gasteiger partial charge in [0.15, 0.2) is 0 Å². The lowest BCUT2D eigenvalue weighted by atomic mass is 10.1. The second-order valence-electron chi connectivity index (χ2n) is 3.77. The zero-order valence-electron chi connectivity index (χ0n) is 9.20. The minimum absolute atomic E-state index is 0.501. The summed E-state index contributed by atoms with van der Waals surface area (Å²) in [5.41, 5.74) is 3.38. The van der Waals surface area contributed by atoms with Crippen molar-refractivity contribution in [1.82, 2.24) is 9.97 Å². The molecule has 1 aromatic heterocycles. The Bertz CT molecular complexity index is 503. The molecule has 3 nitrogen and oxygen atoms in total. The minimum atomic E-state index is 0.501. The van der Waals surface area contributed by atoms with Crippen LogP contribution in [0.4, 0.5) is 0 Å². The van der Waals surface area contributed by atoms with E-state index in [1.54, 1.807) is 0 Å². The van der Waals surface area contributed by atoms with Crippen LogP contribution in [0.3, 0.4) is 0 Å². The van der Waals surface area contributed by atoms with Gasteiger partial charge in [0.25, 0.3) is 0 Å². The average molecular weight is 211 g/mol. The number of hydrogen-bond donors (Lipinski definition) is 1. The first-order valence-electron chi connectivity index (χ1n) is 5.27. The van der Waals surface area contributed by atoms with Gasteiger partial charge in [-0.15, -0.1) is 0 Å². The molecule has 0 unspecified atom stereocenters. The number of benzene rings is 1. The van der Waals surface area contributed by atoms with Crippen LogP contribution < -0.4 is 0 Å². The van der Waals surface area contributed by atoms with Crippen molar-refractivity contribution in [3.05, 3.63) is 41.9 Å². The van der Waals surface area contributed by atoms with Gasteiger partial charge >= 0.3 is 0 Å². The van der Waals surface area contributed by atoms with Crippen LogP contribution in [0.5, 0.6) is 0 Å². The van der Waals surface area contributed by atoms with Crippen LogP contribution >= 0.6 is 0 Å². The Labute approximate surface area is 94.8 Å². The van der Waals surface area contributed by atoms with E-state index in [-0.39, 0.29) is 0 Å². The highest BCUT2D eigenvalue weighted by atomic mass is 14.9. The molecule has 0 saturated carbocycles. The molecule has 0 amide bonds. The van der Waals surface area contributed by atoms with Crippen molar-refractivity contribution in [3.8, 4) is 17.3 Å². The Hall–Kier alpha value is -2.08. The van der Waals surface area contributed by atoms with Crippen molar-refractivity contribution < 1.29 is 0 Å². The highest BCUT2D eigenvalue weighted by Gasteiger charge is 2.02. The molecule has 0 bridgehead atoms. The molecule has 2 aromatic rings. The molecule has 0 aliphatic heterocycles. The zero-order valence-corrected chi connectivity index (χ0v) is 9.20. The molecule has 2 rings (SSSR count). The number of nitrogens with zero attached hydrogens (tertiary/aromatic N) is 2. The van der Waals surface area contributed by atoms with Crippen LogP contribution in [0, 0.1) is 18.3 Å². The van der Waals surface area contributed by atoms with Crippen LogP contribution in [-0.2, 0) is 6.42 Å². The largest absolute Gasteiger partial charge is 0.342 e. The number of aromatic amines is 1. The summed E-state index contributed by atoms with van der Waals surface area (Å²) in [6.07, 6.45) is 3.00. The molecule has 0 aliphatic rings. The number of imidazole rings is 1. The molecular formula is C13H13N3. The second-order valence-corrected chi connectivity index (χ2v) is 3.77. The Balaban J connectivity index is 2.18. The molecule has 1 heterocycles. The molecule has 3 heteroatoms. The fourth-order valence-corrected chi connectivity index (χ4v) is 1.54. The SMILES string of the molecule is Cc1ccc(-c2cnc(CCC#N)[nH]2)cc1. The molecule has 80 valence electrons. The fraction of sp³-hybridized carbons (Fsp3) is 0.231. The van der Waals surface area contributed by atoms with Gasteiger partial charge in [0, 0.05) is 12.8 Å². The van der Waals surface area contributed by atoms with Gasteiger partial charge in [-0.3, -0.25) is 0 Å². The minimum Gasteiger partial charge on any atom is -0.342 e. The van der Waals surface area contributed by atoms with Crippen LogP contribution in [0.15, 0.2) is 30.5 Å². The van der Waals surface area contributed by atoms with Crippen molar-refractivity contribution in [2.24, 2.45) is 0 Å². The lowest BCUT2D eigenvalue weighted by Crippen LogP contribution is -1.86. The standard InChI is InChI=1S/C13H13N3/c1-10-4-6-11(7-5-10)12-9-15-13(16-12)3-2-8-14/h4-7,9H,2-3H2,1H3,(H,15,16). The molecule has 1 aromatic carbocycles. The summed E-state index contributed by atoms with van der Waals surface area (Å²) in [7, 11) is 0. The molecule has 0 atom stereocenters. The first-order valence-corrected chi connectivity index (χ1v) is 5.27. The Morgan fingerprint density at radius 2 is 2.06 bits per heavy atom.